The zero-order valence-corrected chi connectivity index (χ0v) is 16.1. The number of ether oxygens (including phenoxy) is 1. The Morgan fingerprint density at radius 3 is 2.69 bits per heavy atom. The number of amides is 1. The average molecular weight is 409 g/mol. The number of anilines is 1. The molecule has 0 aliphatic heterocycles. The summed E-state index contributed by atoms with van der Waals surface area (Å²) >= 11 is 3.39. The number of nitrogens with one attached hydrogen (secondary N) is 1. The zero-order chi connectivity index (χ0) is 19.1. The number of carbonyl (C=O) groups excluding carboxylic acids is 1. The number of nitriles is 1. The van der Waals surface area contributed by atoms with Gasteiger partial charge in [-0.2, -0.15) is 5.26 Å². The molecule has 1 amide bonds. The van der Waals surface area contributed by atoms with E-state index in [1.807, 2.05) is 38.1 Å². The lowest BCUT2D eigenvalue weighted by Crippen LogP contribution is -2.14. The van der Waals surface area contributed by atoms with Gasteiger partial charge in [-0.3, -0.25) is 4.79 Å². The highest BCUT2D eigenvalue weighted by Crippen LogP contribution is 2.27. The number of rotatable bonds is 5. The van der Waals surface area contributed by atoms with E-state index in [1.165, 1.54) is 6.08 Å². The monoisotopic (exact) mass is 408 g/mol. The predicted octanol–water partition coefficient (Wildman–Crippen LogP) is 4.62. The highest BCUT2D eigenvalue weighted by Gasteiger charge is 2.11. The molecule has 2 aromatic carbocycles. The van der Waals surface area contributed by atoms with Gasteiger partial charge in [0.1, 0.15) is 24.0 Å². The first-order chi connectivity index (χ1) is 12.4. The minimum atomic E-state index is -0.455. The van der Waals surface area contributed by atoms with Gasteiger partial charge in [-0.05, 0) is 65.2 Å². The molecule has 4 nitrogen and oxygen atoms in total. The molecule has 0 saturated carbocycles. The Labute approximate surface area is 161 Å². The molecule has 0 aliphatic carbocycles. The lowest BCUT2D eigenvalue weighted by molar-refractivity contribution is -0.112. The normalized spacial score (nSPS) is 10.6. The predicted molar refractivity (Wildman–Crippen MR) is 107 cm³/mol. The summed E-state index contributed by atoms with van der Waals surface area (Å²) in [4.78, 5) is 12.4. The molecule has 1 N–H and O–H groups in total. The molecule has 2 aromatic rings. The van der Waals surface area contributed by atoms with Gasteiger partial charge in [0.25, 0.3) is 5.91 Å². The average Bonchev–Trinajstić information content (AvgIpc) is 2.61. The molecule has 0 fully saturated rings. The van der Waals surface area contributed by atoms with Crippen LogP contribution in [0.4, 0.5) is 5.69 Å². The topological polar surface area (TPSA) is 62.1 Å². The van der Waals surface area contributed by atoms with Crippen molar-refractivity contribution in [3.05, 3.63) is 63.1 Å². The number of benzene rings is 2. The van der Waals surface area contributed by atoms with Gasteiger partial charge in [0.05, 0.1) is 4.47 Å². The molecule has 0 aromatic heterocycles. The third-order valence-corrected chi connectivity index (χ3v) is 4.19. The Hall–Kier alpha value is -3.02. The van der Waals surface area contributed by atoms with Crippen LogP contribution in [0, 0.1) is 37.5 Å². The summed E-state index contributed by atoms with van der Waals surface area (Å²) in [6.07, 6.45) is 6.70. The summed E-state index contributed by atoms with van der Waals surface area (Å²) in [7, 11) is 0. The maximum atomic E-state index is 12.4. The fraction of sp³-hybridized carbons (Fsp3) is 0.143. The Morgan fingerprint density at radius 1 is 1.31 bits per heavy atom. The maximum Gasteiger partial charge on any atom is 0.266 e. The Kier molecular flexibility index (Phi) is 6.60. The van der Waals surface area contributed by atoms with Crippen LogP contribution in [0.1, 0.15) is 16.7 Å². The molecule has 0 unspecified atom stereocenters. The van der Waals surface area contributed by atoms with Crippen LogP contribution in [-0.4, -0.2) is 12.5 Å². The molecule has 0 saturated heterocycles. The molecule has 5 heteroatoms. The van der Waals surface area contributed by atoms with Crippen molar-refractivity contribution in [2.24, 2.45) is 0 Å². The second-order valence-corrected chi connectivity index (χ2v) is 6.48. The molecule has 0 aliphatic rings. The standard InChI is InChI=1S/C21H17BrN2O2/c1-4-9-26-20-8-6-16(12-18(20)22)11-17(13-23)21(25)24-19-7-5-14(2)10-15(19)3/h1,5-8,10-12H,9H2,2-3H3,(H,24,25)/b17-11+. The van der Waals surface area contributed by atoms with Crippen LogP contribution in [0.3, 0.4) is 0 Å². The van der Waals surface area contributed by atoms with E-state index in [0.717, 1.165) is 11.1 Å². The van der Waals surface area contributed by atoms with E-state index >= 15 is 0 Å². The van der Waals surface area contributed by atoms with Crippen LogP contribution >= 0.6 is 15.9 Å². The Morgan fingerprint density at radius 2 is 2.08 bits per heavy atom. The van der Waals surface area contributed by atoms with Crippen LogP contribution in [-0.2, 0) is 4.79 Å². The maximum absolute atomic E-state index is 12.4. The van der Waals surface area contributed by atoms with Crippen molar-refractivity contribution in [2.75, 3.05) is 11.9 Å². The number of hydrogen-bond donors (Lipinski definition) is 1. The highest BCUT2D eigenvalue weighted by molar-refractivity contribution is 9.10. The molecule has 26 heavy (non-hydrogen) atoms. The fourth-order valence-corrected chi connectivity index (χ4v) is 2.81. The second-order valence-electron chi connectivity index (χ2n) is 5.62. The van der Waals surface area contributed by atoms with Crippen LogP contribution in [0.15, 0.2) is 46.4 Å². The molecule has 0 spiro atoms. The summed E-state index contributed by atoms with van der Waals surface area (Å²) in [5.41, 5.74) is 3.43. The van der Waals surface area contributed by atoms with Gasteiger partial charge in [-0.25, -0.2) is 0 Å². The number of aryl methyl sites for hydroxylation is 2. The van der Waals surface area contributed by atoms with E-state index in [4.69, 9.17) is 11.2 Å². The third-order valence-electron chi connectivity index (χ3n) is 3.57. The first-order valence-corrected chi connectivity index (χ1v) is 8.60. The smallest absolute Gasteiger partial charge is 0.266 e. The number of nitrogens with zero attached hydrogens (tertiary/aromatic N) is 1. The van der Waals surface area contributed by atoms with E-state index in [0.29, 0.717) is 21.5 Å². The van der Waals surface area contributed by atoms with E-state index in [2.05, 4.69) is 27.2 Å². The quantitative estimate of drug-likeness (QED) is 0.445. The Balaban J connectivity index is 2.21. The third kappa shape index (κ3) is 4.99. The highest BCUT2D eigenvalue weighted by atomic mass is 79.9. The lowest BCUT2D eigenvalue weighted by atomic mass is 10.1. The summed E-state index contributed by atoms with van der Waals surface area (Å²) in [6, 6.07) is 12.9. The van der Waals surface area contributed by atoms with E-state index in [-0.39, 0.29) is 12.2 Å². The van der Waals surface area contributed by atoms with Crippen molar-refractivity contribution < 1.29 is 9.53 Å². The summed E-state index contributed by atoms with van der Waals surface area (Å²) in [5, 5.41) is 12.1. The minimum Gasteiger partial charge on any atom is -0.480 e. The number of terminal acetylenes is 1. The van der Waals surface area contributed by atoms with E-state index < -0.39 is 5.91 Å². The largest absolute Gasteiger partial charge is 0.480 e. The van der Waals surface area contributed by atoms with E-state index in [9.17, 15) is 10.1 Å². The van der Waals surface area contributed by atoms with Gasteiger partial charge >= 0.3 is 0 Å². The van der Waals surface area contributed by atoms with Crippen LogP contribution < -0.4 is 10.1 Å². The van der Waals surface area contributed by atoms with Crippen molar-refractivity contribution in [2.45, 2.75) is 13.8 Å². The second kappa shape index (κ2) is 8.89. The van der Waals surface area contributed by atoms with Gasteiger partial charge in [0, 0.05) is 5.69 Å². The van der Waals surface area contributed by atoms with Gasteiger partial charge in [-0.1, -0.05) is 29.7 Å². The van der Waals surface area contributed by atoms with Crippen LogP contribution in [0.25, 0.3) is 6.08 Å². The number of hydrogen-bond acceptors (Lipinski definition) is 3. The van der Waals surface area contributed by atoms with Gasteiger partial charge in [0.15, 0.2) is 0 Å². The molecule has 0 radical (unpaired) electrons. The first kappa shape index (κ1) is 19.3. The van der Waals surface area contributed by atoms with Crippen molar-refractivity contribution >= 4 is 33.6 Å². The van der Waals surface area contributed by atoms with Crippen molar-refractivity contribution in [1.29, 1.82) is 5.26 Å². The molecular formula is C21H17BrN2O2. The zero-order valence-electron chi connectivity index (χ0n) is 14.5. The number of halogens is 1. The minimum absolute atomic E-state index is 0.00849. The summed E-state index contributed by atoms with van der Waals surface area (Å²) in [6.45, 7) is 4.05. The molecule has 0 heterocycles. The van der Waals surface area contributed by atoms with E-state index in [1.54, 1.807) is 18.2 Å². The molecule has 2 rings (SSSR count). The first-order valence-electron chi connectivity index (χ1n) is 7.81. The van der Waals surface area contributed by atoms with Gasteiger partial charge < -0.3 is 10.1 Å². The van der Waals surface area contributed by atoms with Crippen LogP contribution in [0.2, 0.25) is 0 Å². The fourth-order valence-electron chi connectivity index (χ4n) is 2.30. The SMILES string of the molecule is C#CCOc1ccc(/C=C(\C#N)C(=O)Nc2ccc(C)cc2C)cc1Br. The molecule has 0 bridgehead atoms. The molecule has 130 valence electrons. The summed E-state index contributed by atoms with van der Waals surface area (Å²) in [5.74, 6) is 2.53. The molecular weight excluding hydrogens is 392 g/mol. The summed E-state index contributed by atoms with van der Waals surface area (Å²) < 4.78 is 6.06. The van der Waals surface area contributed by atoms with Crippen molar-refractivity contribution in [1.82, 2.24) is 0 Å². The van der Waals surface area contributed by atoms with Gasteiger partial charge in [0.2, 0.25) is 0 Å². The van der Waals surface area contributed by atoms with Crippen LogP contribution in [0.5, 0.6) is 5.75 Å². The molecule has 0 atom stereocenters. The van der Waals surface area contributed by atoms with Crippen molar-refractivity contribution in [3.63, 3.8) is 0 Å². The van der Waals surface area contributed by atoms with Gasteiger partial charge in [-0.15, -0.1) is 6.42 Å². The van der Waals surface area contributed by atoms with Crippen molar-refractivity contribution in [3.8, 4) is 24.2 Å². The Bertz CT molecular complexity index is 949. The number of carbonyl (C=O) groups is 1. The lowest BCUT2D eigenvalue weighted by Gasteiger charge is -2.09.